The molecule has 9 heteroatoms. The molecule has 0 aliphatic carbocycles. The Labute approximate surface area is 185 Å². The normalized spacial score (nSPS) is 11.1. The Morgan fingerprint density at radius 1 is 1.00 bits per heavy atom. The summed E-state index contributed by atoms with van der Waals surface area (Å²) in [4.78, 5) is 26.0. The molecule has 0 bridgehead atoms. The van der Waals surface area contributed by atoms with Crippen molar-refractivity contribution in [3.8, 4) is 0 Å². The van der Waals surface area contributed by atoms with Gasteiger partial charge in [-0.2, -0.15) is 0 Å². The van der Waals surface area contributed by atoms with Crippen molar-refractivity contribution in [1.82, 2.24) is 0 Å². The van der Waals surface area contributed by atoms with Crippen LogP contribution >= 0.6 is 11.3 Å². The monoisotopic (exact) mass is 458 g/mol. The number of thiophene rings is 1. The lowest BCUT2D eigenvalue weighted by molar-refractivity contribution is 0.0527. The zero-order chi connectivity index (χ0) is 22.6. The summed E-state index contributed by atoms with van der Waals surface area (Å²) < 4.78 is 32.4. The number of sulfonamides is 1. The molecule has 2 N–H and O–H groups in total. The van der Waals surface area contributed by atoms with Gasteiger partial charge >= 0.3 is 5.97 Å². The van der Waals surface area contributed by atoms with E-state index in [1.54, 1.807) is 32.0 Å². The Hall–Kier alpha value is -3.17. The number of aryl methyl sites for hydroxylation is 1. The van der Waals surface area contributed by atoms with Crippen molar-refractivity contribution >= 4 is 43.9 Å². The van der Waals surface area contributed by atoms with E-state index in [9.17, 15) is 18.0 Å². The average molecular weight is 459 g/mol. The lowest BCUT2D eigenvalue weighted by Crippen LogP contribution is -2.15. The summed E-state index contributed by atoms with van der Waals surface area (Å²) >= 11 is 1.30. The summed E-state index contributed by atoms with van der Waals surface area (Å²) in [6.07, 6.45) is 0. The Bertz CT molecular complexity index is 1200. The highest BCUT2D eigenvalue weighted by Gasteiger charge is 2.22. The summed E-state index contributed by atoms with van der Waals surface area (Å²) in [6, 6.07) is 14.0. The molecule has 1 heterocycles. The van der Waals surface area contributed by atoms with Crippen LogP contribution in [-0.2, 0) is 14.8 Å². The highest BCUT2D eigenvalue weighted by atomic mass is 32.2. The average Bonchev–Trinajstić information content (AvgIpc) is 3.02. The number of nitrogens with one attached hydrogen (secondary N) is 2. The van der Waals surface area contributed by atoms with Crippen molar-refractivity contribution in [1.29, 1.82) is 0 Å². The third kappa shape index (κ3) is 5.12. The summed E-state index contributed by atoms with van der Waals surface area (Å²) in [5.74, 6) is -0.894. The fourth-order valence-electron chi connectivity index (χ4n) is 2.84. The van der Waals surface area contributed by atoms with Gasteiger partial charge < -0.3 is 10.1 Å². The quantitative estimate of drug-likeness (QED) is 0.504. The highest BCUT2D eigenvalue weighted by molar-refractivity contribution is 7.92. The second-order valence-electron chi connectivity index (χ2n) is 6.66. The van der Waals surface area contributed by atoms with Crippen molar-refractivity contribution in [3.05, 3.63) is 76.2 Å². The summed E-state index contributed by atoms with van der Waals surface area (Å²) in [5.41, 5.74) is 1.77. The molecule has 0 saturated heterocycles. The van der Waals surface area contributed by atoms with Gasteiger partial charge in [-0.3, -0.25) is 9.52 Å². The van der Waals surface area contributed by atoms with Crippen LogP contribution in [0.25, 0.3) is 0 Å². The molecule has 3 rings (SSSR count). The molecule has 0 unspecified atom stereocenters. The molecule has 0 aliphatic rings. The van der Waals surface area contributed by atoms with Crippen molar-refractivity contribution in [2.24, 2.45) is 0 Å². The molecule has 7 nitrogen and oxygen atoms in total. The minimum absolute atomic E-state index is 0.145. The van der Waals surface area contributed by atoms with Crippen LogP contribution in [0.1, 0.15) is 38.1 Å². The SMILES string of the molecule is CCOC(=O)c1c(NC(=O)c2ccc(NS(=O)(=O)c3ccccc3)cc2)sc(C)c1C. The largest absolute Gasteiger partial charge is 0.462 e. The van der Waals surface area contributed by atoms with E-state index in [-0.39, 0.29) is 11.5 Å². The zero-order valence-corrected chi connectivity index (χ0v) is 18.9. The van der Waals surface area contributed by atoms with Gasteiger partial charge in [-0.15, -0.1) is 11.3 Å². The molecule has 1 amide bonds. The number of esters is 1. The maximum atomic E-state index is 12.7. The van der Waals surface area contributed by atoms with E-state index in [0.717, 1.165) is 10.4 Å². The Morgan fingerprint density at radius 2 is 1.65 bits per heavy atom. The van der Waals surface area contributed by atoms with Crippen molar-refractivity contribution in [2.75, 3.05) is 16.6 Å². The zero-order valence-electron chi connectivity index (χ0n) is 17.3. The van der Waals surface area contributed by atoms with Crippen molar-refractivity contribution < 1.29 is 22.7 Å². The van der Waals surface area contributed by atoms with E-state index in [1.165, 1.54) is 47.7 Å². The molecular weight excluding hydrogens is 436 g/mol. The van der Waals surface area contributed by atoms with Crippen LogP contribution in [-0.4, -0.2) is 26.9 Å². The van der Waals surface area contributed by atoms with Gasteiger partial charge in [0.05, 0.1) is 17.1 Å². The van der Waals surface area contributed by atoms with E-state index in [1.807, 2.05) is 6.92 Å². The number of amides is 1. The molecule has 0 spiro atoms. The number of carbonyl (C=O) groups excluding carboxylic acids is 2. The summed E-state index contributed by atoms with van der Waals surface area (Å²) in [7, 11) is -3.72. The predicted molar refractivity (Wildman–Crippen MR) is 121 cm³/mol. The van der Waals surface area contributed by atoms with Crippen LogP contribution in [0, 0.1) is 13.8 Å². The van der Waals surface area contributed by atoms with Gasteiger partial charge in [0.1, 0.15) is 5.00 Å². The maximum Gasteiger partial charge on any atom is 0.341 e. The van der Waals surface area contributed by atoms with Crippen LogP contribution in [0.4, 0.5) is 10.7 Å². The van der Waals surface area contributed by atoms with E-state index < -0.39 is 21.9 Å². The van der Waals surface area contributed by atoms with Gasteiger partial charge in [0, 0.05) is 16.1 Å². The molecule has 2 aromatic carbocycles. The third-order valence-electron chi connectivity index (χ3n) is 4.54. The molecule has 162 valence electrons. The minimum Gasteiger partial charge on any atom is -0.462 e. The van der Waals surface area contributed by atoms with Gasteiger partial charge in [-0.25, -0.2) is 13.2 Å². The molecule has 0 radical (unpaired) electrons. The van der Waals surface area contributed by atoms with Crippen LogP contribution in [0.5, 0.6) is 0 Å². The van der Waals surface area contributed by atoms with Crippen LogP contribution < -0.4 is 10.0 Å². The van der Waals surface area contributed by atoms with Gasteiger partial charge in [-0.05, 0) is 62.7 Å². The highest BCUT2D eigenvalue weighted by Crippen LogP contribution is 2.33. The Kier molecular flexibility index (Phi) is 6.77. The van der Waals surface area contributed by atoms with Crippen LogP contribution in [0.15, 0.2) is 59.5 Å². The number of hydrogen-bond acceptors (Lipinski definition) is 6. The van der Waals surface area contributed by atoms with Crippen molar-refractivity contribution in [2.45, 2.75) is 25.7 Å². The molecule has 3 aromatic rings. The molecule has 0 atom stereocenters. The van der Waals surface area contributed by atoms with Gasteiger partial charge in [0.15, 0.2) is 0 Å². The van der Waals surface area contributed by atoms with E-state index in [0.29, 0.717) is 21.8 Å². The van der Waals surface area contributed by atoms with Gasteiger partial charge in [0.25, 0.3) is 15.9 Å². The first-order valence-corrected chi connectivity index (χ1v) is 11.8. The standard InChI is InChI=1S/C22H22N2O5S2/c1-4-29-22(26)19-14(2)15(3)30-21(19)23-20(25)16-10-12-17(13-11-16)24-31(27,28)18-8-6-5-7-9-18/h5-13,24H,4H2,1-3H3,(H,23,25). The Balaban J connectivity index is 1.76. The lowest BCUT2D eigenvalue weighted by atomic mass is 10.1. The second-order valence-corrected chi connectivity index (χ2v) is 9.57. The van der Waals surface area contributed by atoms with Gasteiger partial charge in [-0.1, -0.05) is 18.2 Å². The molecule has 0 saturated carbocycles. The first-order valence-electron chi connectivity index (χ1n) is 9.49. The van der Waals surface area contributed by atoms with Crippen LogP contribution in [0.3, 0.4) is 0 Å². The number of ether oxygens (including phenoxy) is 1. The second kappa shape index (κ2) is 9.32. The Morgan fingerprint density at radius 3 is 2.26 bits per heavy atom. The van der Waals surface area contributed by atoms with E-state index in [4.69, 9.17) is 4.74 Å². The predicted octanol–water partition coefficient (Wildman–Crippen LogP) is 4.59. The number of anilines is 2. The van der Waals surface area contributed by atoms with Crippen molar-refractivity contribution in [3.63, 3.8) is 0 Å². The van der Waals surface area contributed by atoms with Crippen LogP contribution in [0.2, 0.25) is 0 Å². The topological polar surface area (TPSA) is 102 Å². The fraction of sp³-hybridized carbons (Fsp3) is 0.182. The molecule has 31 heavy (non-hydrogen) atoms. The summed E-state index contributed by atoms with van der Waals surface area (Å²) in [6.45, 7) is 5.63. The summed E-state index contributed by atoms with van der Waals surface area (Å²) in [5, 5.41) is 3.18. The first kappa shape index (κ1) is 22.5. The smallest absolute Gasteiger partial charge is 0.341 e. The molecule has 1 aromatic heterocycles. The molecule has 0 aliphatic heterocycles. The third-order valence-corrected chi connectivity index (χ3v) is 7.06. The van der Waals surface area contributed by atoms with Gasteiger partial charge in [0.2, 0.25) is 0 Å². The molecule has 0 fully saturated rings. The number of benzene rings is 2. The minimum atomic E-state index is -3.72. The fourth-order valence-corrected chi connectivity index (χ4v) is 4.97. The van der Waals surface area contributed by atoms with E-state index >= 15 is 0 Å². The maximum absolute atomic E-state index is 12.7. The number of hydrogen-bond donors (Lipinski definition) is 2. The van der Waals surface area contributed by atoms with E-state index in [2.05, 4.69) is 10.0 Å². The number of carbonyl (C=O) groups is 2. The molecular formula is C22H22N2O5S2. The first-order chi connectivity index (χ1) is 14.7. The lowest BCUT2D eigenvalue weighted by Gasteiger charge is -2.10. The number of rotatable bonds is 7.